The highest BCUT2D eigenvalue weighted by Gasteiger charge is 2.76. The van der Waals surface area contributed by atoms with Gasteiger partial charge in [0.05, 0.1) is 22.4 Å². The molecule has 6 atom stereocenters. The molecule has 2 bridgehead atoms. The second-order valence-electron chi connectivity index (χ2n) is 9.58. The van der Waals surface area contributed by atoms with Crippen molar-refractivity contribution in [3.05, 3.63) is 66.7 Å². The smallest absolute Gasteiger partial charge is 0.153 e. The molecule has 6 nitrogen and oxygen atoms in total. The van der Waals surface area contributed by atoms with Gasteiger partial charge in [-0.1, -0.05) is 30.4 Å². The van der Waals surface area contributed by atoms with Gasteiger partial charge in [0.15, 0.2) is 5.76 Å². The monoisotopic (exact) mass is 419 g/mol. The van der Waals surface area contributed by atoms with E-state index in [0.717, 1.165) is 37.3 Å². The molecule has 4 fully saturated rings. The molecule has 2 saturated carbocycles. The fraction of sp³-hybridized carbons (Fsp3) is 0.480. The SMILES string of the molecule is C=CCN1CC[C@@]23C4C5=C(O)C=CC4C[C@@H]1[C@]2(O)CC/C(=N/Nc1ccccc1)[C@@H]3O5. The third kappa shape index (κ3) is 2.43. The van der Waals surface area contributed by atoms with Gasteiger partial charge < -0.3 is 14.9 Å². The Hall–Kier alpha value is -2.57. The van der Waals surface area contributed by atoms with E-state index in [1.807, 2.05) is 36.4 Å². The van der Waals surface area contributed by atoms with Gasteiger partial charge in [0, 0.05) is 18.5 Å². The lowest BCUT2D eigenvalue weighted by Gasteiger charge is -2.66. The number of anilines is 1. The summed E-state index contributed by atoms with van der Waals surface area (Å²) < 4.78 is 6.51. The highest BCUT2D eigenvalue weighted by Crippen LogP contribution is 2.69. The maximum absolute atomic E-state index is 12.3. The van der Waals surface area contributed by atoms with Crippen molar-refractivity contribution in [2.75, 3.05) is 18.5 Å². The number of likely N-dealkylation sites (tertiary alicyclic amines) is 1. The van der Waals surface area contributed by atoms with Crippen LogP contribution in [0.5, 0.6) is 0 Å². The molecule has 2 heterocycles. The minimum atomic E-state index is -0.876. The zero-order chi connectivity index (χ0) is 21.2. The molecule has 31 heavy (non-hydrogen) atoms. The minimum Gasteiger partial charge on any atom is -0.504 e. The Bertz CT molecular complexity index is 1000. The molecule has 3 N–H and O–H groups in total. The number of rotatable bonds is 4. The summed E-state index contributed by atoms with van der Waals surface area (Å²) >= 11 is 0. The number of allylic oxidation sites excluding steroid dienone is 3. The highest BCUT2D eigenvalue weighted by atomic mass is 16.5. The summed E-state index contributed by atoms with van der Waals surface area (Å²) in [6, 6.07) is 9.94. The van der Waals surface area contributed by atoms with Gasteiger partial charge in [-0.25, -0.2) is 0 Å². The Morgan fingerprint density at radius 3 is 2.94 bits per heavy atom. The topological polar surface area (TPSA) is 77.3 Å². The van der Waals surface area contributed by atoms with E-state index in [-0.39, 0.29) is 29.7 Å². The predicted molar refractivity (Wildman–Crippen MR) is 120 cm³/mol. The van der Waals surface area contributed by atoms with Crippen LogP contribution in [0.4, 0.5) is 5.69 Å². The van der Waals surface area contributed by atoms with Crippen molar-refractivity contribution < 1.29 is 14.9 Å². The molecule has 6 heteroatoms. The van der Waals surface area contributed by atoms with E-state index in [9.17, 15) is 10.2 Å². The van der Waals surface area contributed by atoms with Crippen LogP contribution >= 0.6 is 0 Å². The molecule has 2 aliphatic heterocycles. The van der Waals surface area contributed by atoms with Crippen LogP contribution in [0.15, 0.2) is 71.8 Å². The Balaban J connectivity index is 1.45. The first-order chi connectivity index (χ1) is 15.1. The van der Waals surface area contributed by atoms with E-state index < -0.39 is 11.0 Å². The number of hydrogen-bond donors (Lipinski definition) is 3. The summed E-state index contributed by atoms with van der Waals surface area (Å²) in [5.41, 5.74) is 3.69. The molecule has 2 unspecified atom stereocenters. The molecule has 2 saturated heterocycles. The summed E-state index contributed by atoms with van der Waals surface area (Å²) in [7, 11) is 0. The number of piperidine rings is 1. The number of aliphatic hydroxyl groups is 2. The molecular formula is C25H29N3O3. The van der Waals surface area contributed by atoms with E-state index in [2.05, 4.69) is 23.0 Å². The molecule has 1 aromatic carbocycles. The Morgan fingerprint density at radius 1 is 1.29 bits per heavy atom. The Kier molecular flexibility index (Phi) is 4.14. The fourth-order valence-electron chi connectivity index (χ4n) is 7.18. The second kappa shape index (κ2) is 6.71. The summed E-state index contributed by atoms with van der Waals surface area (Å²) in [6.45, 7) is 5.60. The van der Waals surface area contributed by atoms with Crippen molar-refractivity contribution in [3.63, 3.8) is 0 Å². The number of ether oxygens (including phenoxy) is 1. The molecular weight excluding hydrogens is 390 g/mol. The molecule has 0 radical (unpaired) electrons. The van der Waals surface area contributed by atoms with Gasteiger partial charge in [0.1, 0.15) is 11.9 Å². The summed E-state index contributed by atoms with van der Waals surface area (Å²) in [4.78, 5) is 2.39. The lowest BCUT2D eigenvalue weighted by Crippen LogP contribution is -2.76. The van der Waals surface area contributed by atoms with Crippen LogP contribution in [-0.4, -0.2) is 51.7 Å². The van der Waals surface area contributed by atoms with Gasteiger partial charge in [-0.05, 0) is 56.4 Å². The van der Waals surface area contributed by atoms with Crippen LogP contribution in [0.25, 0.3) is 0 Å². The first-order valence-electron chi connectivity index (χ1n) is 11.3. The number of hydrazone groups is 1. The van der Waals surface area contributed by atoms with Gasteiger partial charge >= 0.3 is 0 Å². The van der Waals surface area contributed by atoms with Crippen LogP contribution in [0.3, 0.4) is 0 Å². The maximum atomic E-state index is 12.3. The standard InChI is InChI=1S/C25H29N3O3/c1-2-13-28-14-12-24-21-16-8-9-19(29)22(21)31-23(24)18(10-11-25(24,30)20(28)15-16)27-26-17-6-4-3-5-7-17/h2-9,16,20-21,23,26,29-30H,1,10-15H2/b27-18-/t16?,20-,21?,23+,24+,25-/m1/s1. The largest absolute Gasteiger partial charge is 0.504 e. The average molecular weight is 420 g/mol. The van der Waals surface area contributed by atoms with Crippen LogP contribution in [0, 0.1) is 17.3 Å². The van der Waals surface area contributed by atoms with Crippen LogP contribution in [0.2, 0.25) is 0 Å². The van der Waals surface area contributed by atoms with Crippen LogP contribution < -0.4 is 5.43 Å². The Morgan fingerprint density at radius 2 is 2.13 bits per heavy atom. The molecule has 0 amide bonds. The van der Waals surface area contributed by atoms with E-state index in [1.165, 1.54) is 0 Å². The number of nitrogens with one attached hydrogen (secondary N) is 1. The number of hydrogen-bond acceptors (Lipinski definition) is 6. The third-order valence-corrected chi connectivity index (χ3v) is 8.37. The first-order valence-corrected chi connectivity index (χ1v) is 11.3. The van der Waals surface area contributed by atoms with Crippen molar-refractivity contribution >= 4 is 11.4 Å². The third-order valence-electron chi connectivity index (χ3n) is 8.37. The van der Waals surface area contributed by atoms with E-state index in [1.54, 1.807) is 6.08 Å². The highest BCUT2D eigenvalue weighted by molar-refractivity contribution is 5.92. The molecule has 3 aliphatic carbocycles. The normalized spacial score (nSPS) is 41.6. The second-order valence-corrected chi connectivity index (χ2v) is 9.58. The lowest BCUT2D eigenvalue weighted by atomic mass is 9.44. The van der Waals surface area contributed by atoms with Gasteiger partial charge in [-0.3, -0.25) is 10.3 Å². The first kappa shape index (κ1) is 19.1. The van der Waals surface area contributed by atoms with Gasteiger partial charge in [0.2, 0.25) is 0 Å². The maximum Gasteiger partial charge on any atom is 0.153 e. The number of nitrogens with zero attached hydrogens (tertiary/aromatic N) is 2. The summed E-state index contributed by atoms with van der Waals surface area (Å²) in [5, 5.41) is 27.8. The molecule has 1 spiro atoms. The molecule has 1 aromatic rings. The zero-order valence-electron chi connectivity index (χ0n) is 17.6. The van der Waals surface area contributed by atoms with E-state index in [4.69, 9.17) is 9.84 Å². The van der Waals surface area contributed by atoms with Gasteiger partial charge in [-0.15, -0.1) is 6.58 Å². The van der Waals surface area contributed by atoms with Crippen molar-refractivity contribution in [1.29, 1.82) is 0 Å². The number of aliphatic hydroxyl groups excluding tert-OH is 1. The lowest BCUT2D eigenvalue weighted by molar-refractivity contribution is -0.230. The van der Waals surface area contributed by atoms with Crippen molar-refractivity contribution in [2.24, 2.45) is 22.4 Å². The minimum absolute atomic E-state index is 0.00291. The van der Waals surface area contributed by atoms with Crippen LogP contribution in [0.1, 0.15) is 25.7 Å². The summed E-state index contributed by atoms with van der Waals surface area (Å²) in [6.07, 6.45) is 8.51. The fourth-order valence-corrected chi connectivity index (χ4v) is 7.18. The van der Waals surface area contributed by atoms with Gasteiger partial charge in [-0.2, -0.15) is 5.10 Å². The van der Waals surface area contributed by atoms with Crippen molar-refractivity contribution in [1.82, 2.24) is 4.90 Å². The quantitative estimate of drug-likeness (QED) is 0.514. The average Bonchev–Trinajstić information content (AvgIpc) is 3.13. The summed E-state index contributed by atoms with van der Waals surface area (Å²) in [5.74, 6) is 1.10. The predicted octanol–water partition coefficient (Wildman–Crippen LogP) is 3.60. The van der Waals surface area contributed by atoms with E-state index >= 15 is 0 Å². The van der Waals surface area contributed by atoms with Gasteiger partial charge in [0.25, 0.3) is 0 Å². The molecule has 5 aliphatic rings. The zero-order valence-corrected chi connectivity index (χ0v) is 17.6. The Labute approximate surface area is 182 Å². The van der Waals surface area contributed by atoms with Crippen molar-refractivity contribution in [2.45, 2.75) is 43.4 Å². The van der Waals surface area contributed by atoms with Crippen molar-refractivity contribution in [3.8, 4) is 0 Å². The molecule has 162 valence electrons. The number of para-hydroxylation sites is 1. The number of benzene rings is 1. The molecule has 6 rings (SSSR count). The van der Waals surface area contributed by atoms with Crippen LogP contribution in [-0.2, 0) is 4.74 Å². The molecule has 0 aromatic heterocycles. The van der Waals surface area contributed by atoms with E-state index in [0.29, 0.717) is 18.6 Å².